The van der Waals surface area contributed by atoms with Crippen LogP contribution in [-0.4, -0.2) is 61.1 Å². The summed E-state index contributed by atoms with van der Waals surface area (Å²) in [6, 6.07) is 20.9. The van der Waals surface area contributed by atoms with E-state index in [1.165, 1.54) is 51.4 Å². The molecule has 12 rings (SSSR count). The largest absolute Gasteiger partial charge is 0.370 e. The van der Waals surface area contributed by atoms with Crippen LogP contribution in [0.3, 0.4) is 0 Å². The Labute approximate surface area is 387 Å². The zero-order valence-electron chi connectivity index (χ0n) is 39.6. The molecule has 65 heavy (non-hydrogen) atoms. The number of nitrogens with one attached hydrogen (secondary N) is 4. The van der Waals surface area contributed by atoms with E-state index in [1.54, 1.807) is 0 Å². The number of nitrogens with two attached hydrogens (primary N) is 1. The third kappa shape index (κ3) is 8.42. The van der Waals surface area contributed by atoms with Gasteiger partial charge in [-0.25, -0.2) is 9.97 Å². The van der Waals surface area contributed by atoms with E-state index >= 15 is 4.79 Å². The van der Waals surface area contributed by atoms with E-state index in [2.05, 4.69) is 108 Å². The third-order valence-corrected chi connectivity index (χ3v) is 17.6. The summed E-state index contributed by atoms with van der Waals surface area (Å²) < 4.78 is 0. The fraction of sp³-hybridized carbons (Fsp3) is 0.636. The van der Waals surface area contributed by atoms with Crippen LogP contribution in [0.4, 0.5) is 23.0 Å². The number of anilines is 4. The number of primary amides is 1. The maximum atomic E-state index is 17.5. The van der Waals surface area contributed by atoms with Crippen molar-refractivity contribution in [2.24, 2.45) is 63.4 Å². The molecule has 10 heteroatoms. The highest BCUT2D eigenvalue weighted by molar-refractivity contribution is 6.15. The molecule has 8 saturated carbocycles. The number of nitrogens with zero attached hydrogens (tertiary/aromatic N) is 3. The van der Waals surface area contributed by atoms with Gasteiger partial charge >= 0.3 is 0 Å². The lowest BCUT2D eigenvalue weighted by atomic mass is 9.32. The summed E-state index contributed by atoms with van der Waals surface area (Å²) in [6.45, 7) is 12.0. The molecule has 0 radical (unpaired) electrons. The highest BCUT2D eigenvalue weighted by Crippen LogP contribution is 2.77. The van der Waals surface area contributed by atoms with E-state index in [9.17, 15) is 4.79 Å². The molecule has 0 spiro atoms. The second-order valence-corrected chi connectivity index (χ2v) is 22.6. The molecule has 8 aliphatic rings. The number of pyridine rings is 2. The van der Waals surface area contributed by atoms with Crippen LogP contribution in [-0.2, 0) is 9.59 Å². The highest BCUT2D eigenvalue weighted by atomic mass is 16.2. The van der Waals surface area contributed by atoms with E-state index in [-0.39, 0.29) is 29.1 Å². The smallest absolute Gasteiger partial charge is 0.239 e. The number of unbranched alkanes of at least 4 members (excludes halogenated alkanes) is 1. The minimum absolute atomic E-state index is 0.0928. The number of hydrogen-bond donors (Lipinski definition) is 5. The van der Waals surface area contributed by atoms with Crippen LogP contribution in [0.15, 0.2) is 60.7 Å². The summed E-state index contributed by atoms with van der Waals surface area (Å²) in [5.74, 6) is 5.73. The molecule has 0 aliphatic heterocycles. The number of amides is 2. The number of fused-ring (bicyclic) bond motifs is 2. The molecule has 6 N–H and O–H groups in total. The van der Waals surface area contributed by atoms with Crippen molar-refractivity contribution in [2.45, 2.75) is 124 Å². The summed E-state index contributed by atoms with van der Waals surface area (Å²) in [7, 11) is 0. The van der Waals surface area contributed by atoms with Crippen LogP contribution in [0.25, 0.3) is 21.8 Å². The van der Waals surface area contributed by atoms with Crippen molar-refractivity contribution in [3.63, 3.8) is 0 Å². The molecular weight excluding hydrogens is 805 g/mol. The molecule has 2 heterocycles. The van der Waals surface area contributed by atoms with Crippen LogP contribution >= 0.6 is 0 Å². The predicted octanol–water partition coefficient (Wildman–Crippen LogP) is 10.6. The number of carbonyl (C=O) groups is 2. The van der Waals surface area contributed by atoms with Crippen LogP contribution < -0.4 is 31.9 Å². The van der Waals surface area contributed by atoms with Crippen LogP contribution in [0.1, 0.15) is 124 Å². The number of aromatic nitrogens is 2. The molecule has 8 fully saturated rings. The lowest BCUT2D eigenvalue weighted by Gasteiger charge is -2.72. The molecule has 8 aliphatic carbocycles. The second kappa shape index (κ2) is 18.4. The van der Waals surface area contributed by atoms with Gasteiger partial charge in [-0.3, -0.25) is 14.5 Å². The van der Waals surface area contributed by atoms with Gasteiger partial charge in [0.1, 0.15) is 11.6 Å². The molecular formula is C55H76N8O2. The van der Waals surface area contributed by atoms with E-state index in [4.69, 9.17) is 15.7 Å². The SMILES string of the molecule is CCCCNCCNc1ccc2c(N(C(=O)C(CC(N)=O)(C34CC5CC(CC(C5)C3)C4)C34CC5CC(CC(C5)C3)C4)c3cccc4nc(NCCNCCC(C)C)ccc34)cccc2n1. The van der Waals surface area contributed by atoms with E-state index in [1.807, 2.05) is 0 Å². The zero-order valence-corrected chi connectivity index (χ0v) is 39.6. The van der Waals surface area contributed by atoms with Gasteiger partial charge in [0, 0.05) is 43.4 Å². The Hall–Kier alpha value is -4.28. The van der Waals surface area contributed by atoms with Crippen LogP contribution in [0, 0.1) is 57.7 Å². The van der Waals surface area contributed by atoms with Gasteiger partial charge in [-0.2, -0.15) is 0 Å². The fourth-order valence-corrected chi connectivity index (χ4v) is 15.9. The Morgan fingerprint density at radius 3 is 1.51 bits per heavy atom. The fourth-order valence-electron chi connectivity index (χ4n) is 15.9. The molecule has 8 bridgehead atoms. The topological polar surface area (TPSA) is 137 Å². The molecule has 2 amide bonds. The minimum atomic E-state index is -0.945. The molecule has 2 aromatic carbocycles. The van der Waals surface area contributed by atoms with Gasteiger partial charge < -0.3 is 27.0 Å². The second-order valence-electron chi connectivity index (χ2n) is 22.6. The van der Waals surface area contributed by atoms with Crippen molar-refractivity contribution >= 4 is 56.6 Å². The van der Waals surface area contributed by atoms with Gasteiger partial charge in [0.15, 0.2) is 0 Å². The summed E-state index contributed by atoms with van der Waals surface area (Å²) in [5.41, 5.74) is 8.43. The molecule has 0 atom stereocenters. The summed E-state index contributed by atoms with van der Waals surface area (Å²) in [6.07, 6.45) is 17.4. The molecule has 348 valence electrons. The zero-order chi connectivity index (χ0) is 44.8. The predicted molar refractivity (Wildman–Crippen MR) is 265 cm³/mol. The molecule has 2 aromatic heterocycles. The van der Waals surface area contributed by atoms with Crippen LogP contribution in [0.2, 0.25) is 0 Å². The summed E-state index contributed by atoms with van der Waals surface area (Å²) >= 11 is 0. The quantitative estimate of drug-likeness (QED) is 0.0522. The van der Waals surface area contributed by atoms with Gasteiger partial charge in [-0.15, -0.1) is 0 Å². The Kier molecular flexibility index (Phi) is 12.6. The Morgan fingerprint density at radius 1 is 0.646 bits per heavy atom. The average Bonchev–Trinajstić information content (AvgIpc) is 3.26. The van der Waals surface area contributed by atoms with Crippen molar-refractivity contribution in [1.82, 2.24) is 20.6 Å². The van der Waals surface area contributed by atoms with E-state index in [0.29, 0.717) is 41.4 Å². The van der Waals surface area contributed by atoms with E-state index in [0.717, 1.165) is 129 Å². The minimum Gasteiger partial charge on any atom is -0.370 e. The first-order valence-electron chi connectivity index (χ1n) is 25.9. The number of benzene rings is 2. The van der Waals surface area contributed by atoms with Gasteiger partial charge in [0.25, 0.3) is 0 Å². The molecule has 4 aromatic rings. The summed E-state index contributed by atoms with van der Waals surface area (Å²) in [4.78, 5) is 44.2. The van der Waals surface area contributed by atoms with Crippen molar-refractivity contribution in [1.29, 1.82) is 0 Å². The highest BCUT2D eigenvalue weighted by Gasteiger charge is 2.74. The number of hydrogen-bond acceptors (Lipinski definition) is 8. The molecule has 10 nitrogen and oxygen atoms in total. The number of carbonyl (C=O) groups excluding carboxylic acids is 2. The molecule has 0 unspecified atom stereocenters. The van der Waals surface area contributed by atoms with Crippen molar-refractivity contribution < 1.29 is 9.59 Å². The monoisotopic (exact) mass is 881 g/mol. The first-order valence-corrected chi connectivity index (χ1v) is 25.9. The first kappa shape index (κ1) is 44.6. The van der Waals surface area contributed by atoms with Crippen molar-refractivity contribution in [3.05, 3.63) is 60.7 Å². The van der Waals surface area contributed by atoms with Crippen LogP contribution in [0.5, 0.6) is 0 Å². The molecule has 0 saturated heterocycles. The third-order valence-electron chi connectivity index (χ3n) is 17.6. The average molecular weight is 881 g/mol. The maximum Gasteiger partial charge on any atom is 0.239 e. The van der Waals surface area contributed by atoms with Gasteiger partial charge in [0.2, 0.25) is 11.8 Å². The lowest BCUT2D eigenvalue weighted by Crippen LogP contribution is -2.70. The van der Waals surface area contributed by atoms with Crippen molar-refractivity contribution in [3.8, 4) is 0 Å². The van der Waals surface area contributed by atoms with E-state index < -0.39 is 5.41 Å². The standard InChI is InChI=1S/C55H76N8O2/c1-4-5-17-57-19-21-59-50-14-12-43-45(61-50)8-6-10-47(43)63(48-11-7-9-46-44(48)13-15-51(62-46)60-22-20-58-18-16-36(2)3)52(65)55(35-49(56)64,53-29-37-23-38(30-53)25-39(24-37)31-53)54-32-40-26-41(33-54)28-42(27-40)34-54/h6-15,36-42,57-58H,4-5,16-35H2,1-3H3,(H2,56,64)(H,59,61)(H,60,62). The normalized spacial score (nSPS) is 29.4. The maximum absolute atomic E-state index is 17.5. The lowest BCUT2D eigenvalue weighted by molar-refractivity contribution is -0.226. The van der Waals surface area contributed by atoms with Gasteiger partial charge in [0.05, 0.1) is 27.8 Å². The van der Waals surface area contributed by atoms with Gasteiger partial charge in [-0.1, -0.05) is 39.3 Å². The Morgan fingerprint density at radius 2 is 1.09 bits per heavy atom. The first-order chi connectivity index (χ1) is 31.6. The van der Waals surface area contributed by atoms with Crippen molar-refractivity contribution in [2.75, 3.05) is 54.8 Å². The summed E-state index contributed by atoms with van der Waals surface area (Å²) in [5, 5.41) is 16.0. The number of rotatable bonds is 21. The Bertz CT molecular complexity index is 2240. The Balaban J connectivity index is 1.11. The van der Waals surface area contributed by atoms with Gasteiger partial charge in [-0.05, 0) is 204 Å².